The fourth-order valence-electron chi connectivity index (χ4n) is 2.39. The third kappa shape index (κ3) is 4.67. The minimum absolute atomic E-state index is 0.0863. The molecule has 0 fully saturated rings. The summed E-state index contributed by atoms with van der Waals surface area (Å²) < 4.78 is 0. The molecule has 2 rings (SSSR count). The van der Waals surface area contributed by atoms with Crippen LogP contribution in [0.25, 0.3) is 10.8 Å². The number of urea groups is 1. The molecule has 0 radical (unpaired) electrons. The van der Waals surface area contributed by atoms with Crippen molar-refractivity contribution in [2.45, 2.75) is 19.4 Å². The maximum Gasteiger partial charge on any atom is 0.315 e. The Labute approximate surface area is 130 Å². The van der Waals surface area contributed by atoms with Gasteiger partial charge in [-0.15, -0.1) is 0 Å². The fraction of sp³-hybridized carbons (Fsp3) is 0.353. The minimum Gasteiger partial charge on any atom is -0.338 e. The Morgan fingerprint density at radius 2 is 1.95 bits per heavy atom. The van der Waals surface area contributed by atoms with Crippen molar-refractivity contribution in [2.24, 2.45) is 0 Å². The van der Waals surface area contributed by atoms with Crippen molar-refractivity contribution in [3.05, 3.63) is 48.0 Å². The van der Waals surface area contributed by atoms with Crippen molar-refractivity contribution in [3.8, 4) is 0 Å². The quantitative estimate of drug-likeness (QED) is 0.858. The Bertz CT molecular complexity index is 595. The molecule has 0 spiro atoms. The number of rotatable bonds is 6. The zero-order chi connectivity index (χ0) is 15.1. The molecule has 0 saturated heterocycles. The van der Waals surface area contributed by atoms with Crippen molar-refractivity contribution in [1.82, 2.24) is 10.6 Å². The van der Waals surface area contributed by atoms with Gasteiger partial charge in [0.15, 0.2) is 0 Å². The van der Waals surface area contributed by atoms with Crippen molar-refractivity contribution >= 4 is 28.6 Å². The zero-order valence-electron chi connectivity index (χ0n) is 12.6. The van der Waals surface area contributed by atoms with Crippen LogP contribution in [0.4, 0.5) is 4.79 Å². The molecule has 21 heavy (non-hydrogen) atoms. The summed E-state index contributed by atoms with van der Waals surface area (Å²) in [7, 11) is 0. The first-order valence-electron chi connectivity index (χ1n) is 7.20. The van der Waals surface area contributed by atoms with Crippen LogP contribution in [0.15, 0.2) is 42.5 Å². The van der Waals surface area contributed by atoms with Gasteiger partial charge in [-0.2, -0.15) is 11.8 Å². The van der Waals surface area contributed by atoms with Crippen LogP contribution in [-0.2, 0) is 6.42 Å². The third-order valence-electron chi connectivity index (χ3n) is 3.35. The van der Waals surface area contributed by atoms with E-state index in [0.717, 1.165) is 12.2 Å². The van der Waals surface area contributed by atoms with E-state index in [2.05, 4.69) is 47.0 Å². The van der Waals surface area contributed by atoms with Crippen LogP contribution in [0.3, 0.4) is 0 Å². The van der Waals surface area contributed by atoms with Crippen LogP contribution in [0, 0.1) is 0 Å². The largest absolute Gasteiger partial charge is 0.338 e. The van der Waals surface area contributed by atoms with Gasteiger partial charge >= 0.3 is 6.03 Å². The summed E-state index contributed by atoms with van der Waals surface area (Å²) in [6, 6.07) is 14.8. The summed E-state index contributed by atoms with van der Waals surface area (Å²) in [5.41, 5.74) is 1.27. The van der Waals surface area contributed by atoms with Crippen LogP contribution < -0.4 is 10.6 Å². The van der Waals surface area contributed by atoms with E-state index in [9.17, 15) is 4.79 Å². The lowest BCUT2D eigenvalue weighted by Crippen LogP contribution is -2.42. The van der Waals surface area contributed by atoms with E-state index in [-0.39, 0.29) is 12.1 Å². The fourth-order valence-corrected chi connectivity index (χ4v) is 2.97. The van der Waals surface area contributed by atoms with Crippen LogP contribution in [-0.4, -0.2) is 30.6 Å². The normalized spacial score (nSPS) is 12.1. The van der Waals surface area contributed by atoms with Crippen LogP contribution in [0.5, 0.6) is 0 Å². The molecular formula is C17H22N2OS. The number of benzene rings is 2. The van der Waals surface area contributed by atoms with E-state index in [1.165, 1.54) is 16.3 Å². The van der Waals surface area contributed by atoms with Crippen LogP contribution in [0.1, 0.15) is 12.5 Å². The van der Waals surface area contributed by atoms with Gasteiger partial charge in [-0.25, -0.2) is 4.79 Å². The van der Waals surface area contributed by atoms with E-state index in [1.807, 2.05) is 19.2 Å². The molecule has 1 atom stereocenters. The average Bonchev–Trinajstić information content (AvgIpc) is 2.47. The van der Waals surface area contributed by atoms with Gasteiger partial charge in [-0.05, 0) is 35.9 Å². The molecule has 2 aromatic rings. The summed E-state index contributed by atoms with van der Waals surface area (Å²) in [5, 5.41) is 8.36. The van der Waals surface area contributed by atoms with Gasteiger partial charge in [0.2, 0.25) is 0 Å². The number of carbonyl (C=O) groups excluding carboxylic acids is 1. The maximum atomic E-state index is 11.8. The summed E-state index contributed by atoms with van der Waals surface area (Å²) >= 11 is 1.73. The molecule has 112 valence electrons. The highest BCUT2D eigenvalue weighted by atomic mass is 32.2. The molecule has 0 saturated carbocycles. The summed E-state index contributed by atoms with van der Waals surface area (Å²) in [6.45, 7) is 2.66. The number of amides is 2. The molecule has 0 aliphatic rings. The zero-order valence-corrected chi connectivity index (χ0v) is 13.4. The highest BCUT2D eigenvalue weighted by Gasteiger charge is 2.06. The molecule has 0 aromatic heterocycles. The monoisotopic (exact) mass is 302 g/mol. The predicted octanol–water partition coefficient (Wildman–Crippen LogP) is 3.43. The van der Waals surface area contributed by atoms with E-state index in [0.29, 0.717) is 6.54 Å². The Balaban J connectivity index is 1.86. The maximum absolute atomic E-state index is 11.8. The molecule has 0 aliphatic heterocycles. The lowest BCUT2D eigenvalue weighted by atomic mass is 10.0. The highest BCUT2D eigenvalue weighted by Crippen LogP contribution is 2.18. The molecule has 0 heterocycles. The van der Waals surface area contributed by atoms with Gasteiger partial charge < -0.3 is 10.6 Å². The Kier molecular flexibility index (Phi) is 5.93. The number of hydrogen-bond donors (Lipinski definition) is 2. The smallest absolute Gasteiger partial charge is 0.315 e. The Morgan fingerprint density at radius 1 is 1.19 bits per heavy atom. The summed E-state index contributed by atoms with van der Waals surface area (Å²) in [5.74, 6) is 0.927. The van der Waals surface area contributed by atoms with Gasteiger partial charge in [0.25, 0.3) is 0 Å². The second-order valence-corrected chi connectivity index (χ2v) is 6.06. The topological polar surface area (TPSA) is 41.1 Å². The van der Waals surface area contributed by atoms with E-state index in [1.54, 1.807) is 11.8 Å². The first-order valence-corrected chi connectivity index (χ1v) is 8.60. The lowest BCUT2D eigenvalue weighted by molar-refractivity contribution is 0.239. The van der Waals surface area contributed by atoms with Crippen molar-refractivity contribution in [3.63, 3.8) is 0 Å². The molecule has 3 nitrogen and oxygen atoms in total. The molecule has 2 N–H and O–H groups in total. The first kappa shape index (κ1) is 15.7. The second kappa shape index (κ2) is 7.93. The Hall–Kier alpha value is -1.68. The van der Waals surface area contributed by atoms with E-state index >= 15 is 0 Å². The first-order chi connectivity index (χ1) is 10.2. The Morgan fingerprint density at radius 3 is 2.76 bits per heavy atom. The molecule has 0 bridgehead atoms. The van der Waals surface area contributed by atoms with Gasteiger partial charge in [0.05, 0.1) is 0 Å². The van der Waals surface area contributed by atoms with Crippen LogP contribution >= 0.6 is 11.8 Å². The number of hydrogen-bond acceptors (Lipinski definition) is 2. The van der Waals surface area contributed by atoms with Crippen LogP contribution in [0.2, 0.25) is 0 Å². The second-order valence-electron chi connectivity index (χ2n) is 5.14. The SMILES string of the molecule is CSC[C@H](C)NC(=O)NCCc1cccc2ccccc12. The van der Waals surface area contributed by atoms with Crippen molar-refractivity contribution < 1.29 is 4.79 Å². The van der Waals surface area contributed by atoms with Gasteiger partial charge in [-0.1, -0.05) is 42.5 Å². The average molecular weight is 302 g/mol. The summed E-state index contributed by atoms with van der Waals surface area (Å²) in [4.78, 5) is 11.8. The third-order valence-corrected chi connectivity index (χ3v) is 4.19. The predicted molar refractivity (Wildman–Crippen MR) is 92.0 cm³/mol. The highest BCUT2D eigenvalue weighted by molar-refractivity contribution is 7.98. The lowest BCUT2D eigenvalue weighted by Gasteiger charge is -2.13. The molecule has 2 aromatic carbocycles. The molecular weight excluding hydrogens is 280 g/mol. The van der Waals surface area contributed by atoms with E-state index in [4.69, 9.17) is 0 Å². The molecule has 0 aliphatic carbocycles. The standard InChI is InChI=1S/C17H22N2OS/c1-13(12-21-2)19-17(20)18-11-10-15-8-5-7-14-6-3-4-9-16(14)15/h3-9,13H,10-12H2,1-2H3,(H2,18,19,20)/t13-/m0/s1. The minimum atomic E-state index is -0.0863. The molecule has 0 unspecified atom stereocenters. The van der Waals surface area contributed by atoms with Gasteiger partial charge in [-0.3, -0.25) is 0 Å². The molecule has 4 heteroatoms. The number of nitrogens with one attached hydrogen (secondary N) is 2. The number of carbonyl (C=O) groups is 1. The van der Waals surface area contributed by atoms with Crippen molar-refractivity contribution in [1.29, 1.82) is 0 Å². The summed E-state index contributed by atoms with van der Waals surface area (Å²) in [6.07, 6.45) is 2.88. The van der Waals surface area contributed by atoms with Gasteiger partial charge in [0, 0.05) is 18.3 Å². The van der Waals surface area contributed by atoms with Crippen molar-refractivity contribution in [2.75, 3.05) is 18.6 Å². The number of fused-ring (bicyclic) bond motifs is 1. The molecule has 2 amide bonds. The number of thioether (sulfide) groups is 1. The van der Waals surface area contributed by atoms with E-state index < -0.39 is 0 Å². The van der Waals surface area contributed by atoms with Gasteiger partial charge in [0.1, 0.15) is 0 Å².